The third-order valence-electron chi connectivity index (χ3n) is 6.73. The Balaban J connectivity index is 1.51. The van der Waals surface area contributed by atoms with Gasteiger partial charge in [0.1, 0.15) is 0 Å². The lowest BCUT2D eigenvalue weighted by Crippen LogP contribution is -2.51. The van der Waals surface area contributed by atoms with Crippen molar-refractivity contribution in [2.45, 2.75) is 114 Å². The minimum atomic E-state index is 0.109. The zero-order chi connectivity index (χ0) is 18.9. The summed E-state index contributed by atoms with van der Waals surface area (Å²) in [6.07, 6.45) is 17.9. The first-order valence-corrected chi connectivity index (χ1v) is 11.5. The van der Waals surface area contributed by atoms with Gasteiger partial charge in [0.2, 0.25) is 11.8 Å². The number of hydrogen-bond acceptors (Lipinski definition) is 3. The fourth-order valence-electron chi connectivity index (χ4n) is 5.17. The lowest BCUT2D eigenvalue weighted by molar-refractivity contribution is -0.127. The molecule has 0 radical (unpaired) electrons. The van der Waals surface area contributed by atoms with Gasteiger partial charge in [-0.3, -0.25) is 14.5 Å². The molecular weight excluding hydrogens is 338 g/mol. The number of amides is 2. The molecule has 0 aromatic heterocycles. The average molecular weight is 378 g/mol. The smallest absolute Gasteiger partial charge is 0.234 e. The fourth-order valence-corrected chi connectivity index (χ4v) is 5.17. The molecule has 154 valence electrons. The molecule has 0 aliphatic heterocycles. The van der Waals surface area contributed by atoms with Gasteiger partial charge in [-0.2, -0.15) is 0 Å². The Labute approximate surface area is 165 Å². The van der Waals surface area contributed by atoms with Crippen molar-refractivity contribution in [1.82, 2.24) is 15.5 Å². The number of nitrogens with zero attached hydrogens (tertiary/aromatic N) is 1. The Hall–Kier alpha value is -1.10. The van der Waals surface area contributed by atoms with E-state index in [2.05, 4.69) is 15.5 Å². The molecule has 3 saturated carbocycles. The molecule has 3 rings (SSSR count). The van der Waals surface area contributed by atoms with Crippen LogP contribution in [0.25, 0.3) is 0 Å². The standard InChI is InChI=1S/C22H39N3O2/c26-21(23-18-10-4-1-5-11-18)16-25(20-14-8-3-9-15-20)17-22(27)24-19-12-6-2-7-13-19/h18-20H,1-17H2,(H,23,26)(H,24,27). The number of nitrogens with one attached hydrogen (secondary N) is 2. The Morgan fingerprint density at radius 3 is 1.37 bits per heavy atom. The van der Waals surface area contributed by atoms with Crippen LogP contribution in [0.2, 0.25) is 0 Å². The first-order chi connectivity index (χ1) is 13.2. The van der Waals surface area contributed by atoms with E-state index >= 15 is 0 Å². The lowest BCUT2D eigenvalue weighted by Gasteiger charge is -2.34. The van der Waals surface area contributed by atoms with E-state index in [9.17, 15) is 9.59 Å². The van der Waals surface area contributed by atoms with Crippen LogP contribution in [-0.2, 0) is 9.59 Å². The number of rotatable bonds is 7. The molecule has 2 amide bonds. The second-order valence-corrected chi connectivity index (χ2v) is 9.00. The molecule has 0 heterocycles. The quantitative estimate of drug-likeness (QED) is 0.714. The molecule has 0 aromatic rings. The van der Waals surface area contributed by atoms with Crippen molar-refractivity contribution in [2.24, 2.45) is 0 Å². The maximum Gasteiger partial charge on any atom is 0.234 e. The summed E-state index contributed by atoms with van der Waals surface area (Å²) >= 11 is 0. The van der Waals surface area contributed by atoms with Crippen LogP contribution >= 0.6 is 0 Å². The SMILES string of the molecule is O=C(CN(CC(=O)NC1CCCCC1)C1CCCCC1)NC1CCCCC1. The van der Waals surface area contributed by atoms with Crippen molar-refractivity contribution >= 4 is 11.8 Å². The van der Waals surface area contributed by atoms with Crippen LogP contribution in [0, 0.1) is 0 Å². The summed E-state index contributed by atoms with van der Waals surface area (Å²) in [4.78, 5) is 27.5. The first kappa shape index (κ1) is 20.6. The summed E-state index contributed by atoms with van der Waals surface area (Å²) in [6, 6.07) is 1.07. The Kier molecular flexibility index (Phi) is 8.43. The van der Waals surface area contributed by atoms with Crippen LogP contribution in [0.3, 0.4) is 0 Å². The van der Waals surface area contributed by atoms with E-state index in [-0.39, 0.29) is 11.8 Å². The Morgan fingerprint density at radius 2 is 0.963 bits per heavy atom. The van der Waals surface area contributed by atoms with Gasteiger partial charge in [-0.05, 0) is 38.5 Å². The highest BCUT2D eigenvalue weighted by molar-refractivity contribution is 5.81. The third kappa shape index (κ3) is 7.10. The van der Waals surface area contributed by atoms with E-state index in [4.69, 9.17) is 0 Å². The topological polar surface area (TPSA) is 61.4 Å². The van der Waals surface area contributed by atoms with Crippen molar-refractivity contribution in [3.05, 3.63) is 0 Å². The molecule has 5 heteroatoms. The van der Waals surface area contributed by atoms with Crippen LogP contribution in [0.15, 0.2) is 0 Å². The van der Waals surface area contributed by atoms with Gasteiger partial charge in [-0.25, -0.2) is 0 Å². The highest BCUT2D eigenvalue weighted by Gasteiger charge is 2.27. The number of hydrogen-bond donors (Lipinski definition) is 2. The predicted octanol–water partition coefficient (Wildman–Crippen LogP) is 3.52. The number of carbonyl (C=O) groups is 2. The lowest BCUT2D eigenvalue weighted by atomic mass is 9.93. The molecule has 0 unspecified atom stereocenters. The van der Waals surface area contributed by atoms with Crippen molar-refractivity contribution in [2.75, 3.05) is 13.1 Å². The first-order valence-electron chi connectivity index (χ1n) is 11.5. The Morgan fingerprint density at radius 1 is 0.593 bits per heavy atom. The molecule has 3 aliphatic rings. The summed E-state index contributed by atoms with van der Waals surface area (Å²) in [5, 5.41) is 6.46. The highest BCUT2D eigenvalue weighted by Crippen LogP contribution is 2.23. The minimum Gasteiger partial charge on any atom is -0.352 e. The normalized spacial score (nSPS) is 23.3. The van der Waals surface area contributed by atoms with Gasteiger partial charge in [-0.15, -0.1) is 0 Å². The largest absolute Gasteiger partial charge is 0.352 e. The summed E-state index contributed by atoms with van der Waals surface area (Å²) in [5.74, 6) is 0.218. The molecule has 2 N–H and O–H groups in total. The molecule has 0 bridgehead atoms. The molecule has 0 spiro atoms. The Bertz CT molecular complexity index is 430. The third-order valence-corrected chi connectivity index (χ3v) is 6.73. The molecule has 3 aliphatic carbocycles. The van der Waals surface area contributed by atoms with Crippen molar-refractivity contribution in [3.8, 4) is 0 Å². The van der Waals surface area contributed by atoms with Gasteiger partial charge in [-0.1, -0.05) is 57.8 Å². The van der Waals surface area contributed by atoms with Gasteiger partial charge < -0.3 is 10.6 Å². The second-order valence-electron chi connectivity index (χ2n) is 9.00. The second kappa shape index (κ2) is 11.0. The summed E-state index contributed by atoms with van der Waals surface area (Å²) in [5.41, 5.74) is 0. The van der Waals surface area contributed by atoms with Gasteiger partial charge in [0.05, 0.1) is 13.1 Å². The van der Waals surface area contributed by atoms with Crippen molar-refractivity contribution in [3.63, 3.8) is 0 Å². The molecule has 5 nitrogen and oxygen atoms in total. The van der Waals surface area contributed by atoms with Gasteiger partial charge >= 0.3 is 0 Å². The molecule has 3 fully saturated rings. The maximum atomic E-state index is 12.7. The van der Waals surface area contributed by atoms with Crippen LogP contribution in [0.5, 0.6) is 0 Å². The van der Waals surface area contributed by atoms with E-state index in [0.717, 1.165) is 38.5 Å². The summed E-state index contributed by atoms with van der Waals surface area (Å²) in [6.45, 7) is 0.749. The molecule has 27 heavy (non-hydrogen) atoms. The van der Waals surface area contributed by atoms with E-state index < -0.39 is 0 Å². The van der Waals surface area contributed by atoms with Crippen molar-refractivity contribution in [1.29, 1.82) is 0 Å². The highest BCUT2D eigenvalue weighted by atomic mass is 16.2. The van der Waals surface area contributed by atoms with Crippen LogP contribution in [0.1, 0.15) is 96.3 Å². The number of carbonyl (C=O) groups excluding carboxylic acids is 2. The van der Waals surface area contributed by atoms with Crippen LogP contribution < -0.4 is 10.6 Å². The van der Waals surface area contributed by atoms with E-state index in [0.29, 0.717) is 31.2 Å². The zero-order valence-electron chi connectivity index (χ0n) is 17.0. The van der Waals surface area contributed by atoms with Gasteiger partial charge in [0.25, 0.3) is 0 Å². The molecular formula is C22H39N3O2. The zero-order valence-corrected chi connectivity index (χ0v) is 17.0. The summed E-state index contributed by atoms with van der Waals surface area (Å²) < 4.78 is 0. The monoisotopic (exact) mass is 377 g/mol. The molecule has 0 saturated heterocycles. The van der Waals surface area contributed by atoms with E-state index in [1.807, 2.05) is 0 Å². The van der Waals surface area contributed by atoms with Crippen LogP contribution in [0.4, 0.5) is 0 Å². The van der Waals surface area contributed by atoms with Crippen LogP contribution in [-0.4, -0.2) is 47.9 Å². The summed E-state index contributed by atoms with van der Waals surface area (Å²) in [7, 11) is 0. The van der Waals surface area contributed by atoms with Gasteiger partial charge in [0, 0.05) is 18.1 Å². The maximum absolute atomic E-state index is 12.7. The minimum absolute atomic E-state index is 0.109. The van der Waals surface area contributed by atoms with E-state index in [1.54, 1.807) is 0 Å². The fraction of sp³-hybridized carbons (Fsp3) is 0.909. The van der Waals surface area contributed by atoms with E-state index in [1.165, 1.54) is 57.8 Å². The molecule has 0 atom stereocenters. The van der Waals surface area contributed by atoms with Crippen molar-refractivity contribution < 1.29 is 9.59 Å². The van der Waals surface area contributed by atoms with Gasteiger partial charge in [0.15, 0.2) is 0 Å². The average Bonchev–Trinajstić information content (AvgIpc) is 2.69. The predicted molar refractivity (Wildman–Crippen MR) is 108 cm³/mol. The molecule has 0 aromatic carbocycles.